The molecule has 132 valence electrons. The van der Waals surface area contributed by atoms with Crippen LogP contribution in [0.1, 0.15) is 38.2 Å². The summed E-state index contributed by atoms with van der Waals surface area (Å²) in [6, 6.07) is 4.67. The summed E-state index contributed by atoms with van der Waals surface area (Å²) in [4.78, 5) is 20.9. The number of rotatable bonds is 4. The number of urea groups is 1. The number of amides is 2. The quantitative estimate of drug-likeness (QED) is 0.923. The van der Waals surface area contributed by atoms with Gasteiger partial charge < -0.3 is 15.1 Å². The van der Waals surface area contributed by atoms with Crippen molar-refractivity contribution < 1.29 is 4.79 Å². The molecule has 5 nitrogen and oxygen atoms in total. The van der Waals surface area contributed by atoms with E-state index in [0.29, 0.717) is 6.04 Å². The third-order valence-corrected chi connectivity index (χ3v) is 5.45. The number of hydrogen-bond acceptors (Lipinski definition) is 3. The van der Waals surface area contributed by atoms with Crippen molar-refractivity contribution in [1.29, 1.82) is 0 Å². The summed E-state index contributed by atoms with van der Waals surface area (Å²) in [6.07, 6.45) is 9.20. The van der Waals surface area contributed by atoms with Crippen LogP contribution in [0.15, 0.2) is 24.5 Å². The largest absolute Gasteiger partial charge is 0.335 e. The van der Waals surface area contributed by atoms with E-state index in [9.17, 15) is 4.79 Å². The van der Waals surface area contributed by atoms with Gasteiger partial charge >= 0.3 is 6.03 Å². The van der Waals surface area contributed by atoms with E-state index in [0.717, 1.165) is 70.7 Å². The molecule has 2 aliphatic heterocycles. The molecule has 0 aliphatic carbocycles. The molecular weight excluding hydrogens is 300 g/mol. The van der Waals surface area contributed by atoms with E-state index in [1.165, 1.54) is 5.56 Å². The Bertz CT molecular complexity index is 505. The Morgan fingerprint density at radius 2 is 1.79 bits per heavy atom. The van der Waals surface area contributed by atoms with Crippen LogP contribution in [0.3, 0.4) is 0 Å². The molecule has 1 aromatic heterocycles. The van der Waals surface area contributed by atoms with Crippen LogP contribution in [0.4, 0.5) is 4.79 Å². The van der Waals surface area contributed by atoms with Gasteiger partial charge in [-0.25, -0.2) is 4.79 Å². The molecule has 2 aliphatic rings. The summed E-state index contributed by atoms with van der Waals surface area (Å²) in [5.41, 5.74) is 1.35. The van der Waals surface area contributed by atoms with E-state index in [-0.39, 0.29) is 6.03 Å². The zero-order valence-corrected chi connectivity index (χ0v) is 14.8. The van der Waals surface area contributed by atoms with Crippen LogP contribution in [0.25, 0.3) is 0 Å². The van der Waals surface area contributed by atoms with Crippen LogP contribution in [-0.4, -0.2) is 59.6 Å². The molecule has 1 aromatic rings. The lowest BCUT2D eigenvalue weighted by Gasteiger charge is -2.35. The maximum atomic E-state index is 12.4. The lowest BCUT2D eigenvalue weighted by atomic mass is 9.99. The highest BCUT2D eigenvalue weighted by atomic mass is 16.2. The van der Waals surface area contributed by atoms with E-state index in [2.05, 4.69) is 34.3 Å². The third kappa shape index (κ3) is 4.94. The first-order valence-corrected chi connectivity index (χ1v) is 9.37. The minimum absolute atomic E-state index is 0.150. The van der Waals surface area contributed by atoms with Gasteiger partial charge in [-0.05, 0) is 55.7 Å². The first kappa shape index (κ1) is 17.2. The predicted molar refractivity (Wildman–Crippen MR) is 95.9 cm³/mol. The molecule has 3 heterocycles. The molecule has 2 fully saturated rings. The van der Waals surface area contributed by atoms with Gasteiger partial charge in [-0.3, -0.25) is 4.98 Å². The van der Waals surface area contributed by atoms with Crippen LogP contribution in [0.2, 0.25) is 0 Å². The van der Waals surface area contributed by atoms with E-state index < -0.39 is 0 Å². The topological polar surface area (TPSA) is 48.5 Å². The average molecular weight is 330 g/mol. The Kier molecular flexibility index (Phi) is 6.07. The number of carbonyl (C=O) groups is 1. The second-order valence-corrected chi connectivity index (χ2v) is 7.34. The van der Waals surface area contributed by atoms with Gasteiger partial charge in [0, 0.05) is 51.2 Å². The number of carbonyl (C=O) groups excluding carboxylic acids is 1. The predicted octanol–water partition coefficient (Wildman–Crippen LogP) is 2.53. The first-order chi connectivity index (χ1) is 11.7. The highest BCUT2D eigenvalue weighted by molar-refractivity contribution is 5.74. The van der Waals surface area contributed by atoms with Crippen molar-refractivity contribution >= 4 is 6.03 Å². The number of aromatic nitrogens is 1. The van der Waals surface area contributed by atoms with Gasteiger partial charge in [-0.15, -0.1) is 0 Å². The summed E-state index contributed by atoms with van der Waals surface area (Å²) in [6.45, 7) is 7.35. The van der Waals surface area contributed by atoms with Crippen molar-refractivity contribution in [2.45, 2.75) is 45.1 Å². The minimum atomic E-state index is 0.150. The molecule has 0 unspecified atom stereocenters. The van der Waals surface area contributed by atoms with E-state index >= 15 is 0 Å². The van der Waals surface area contributed by atoms with Gasteiger partial charge in [-0.2, -0.15) is 0 Å². The molecule has 24 heavy (non-hydrogen) atoms. The molecule has 2 saturated heterocycles. The molecule has 5 heteroatoms. The zero-order valence-electron chi connectivity index (χ0n) is 14.8. The van der Waals surface area contributed by atoms with E-state index in [1.807, 2.05) is 17.3 Å². The van der Waals surface area contributed by atoms with Crippen molar-refractivity contribution in [3.05, 3.63) is 30.1 Å². The Labute approximate surface area is 145 Å². The highest BCUT2D eigenvalue weighted by Gasteiger charge is 2.24. The molecule has 3 rings (SSSR count). The standard InChI is InChI=1S/C19H30N4O/c1-16-4-14-23(15-5-16)19(24)21-18-7-12-22(13-8-18)11-6-17-2-9-20-10-3-17/h2-3,9-10,16,18H,4-8,11-15H2,1H3,(H,21,24). The number of nitrogens with zero attached hydrogens (tertiary/aromatic N) is 3. The van der Waals surface area contributed by atoms with Crippen molar-refractivity contribution in [3.8, 4) is 0 Å². The maximum absolute atomic E-state index is 12.4. The second-order valence-electron chi connectivity index (χ2n) is 7.34. The van der Waals surface area contributed by atoms with Gasteiger partial charge in [0.25, 0.3) is 0 Å². The average Bonchev–Trinajstić information content (AvgIpc) is 2.62. The Morgan fingerprint density at radius 1 is 1.12 bits per heavy atom. The molecule has 0 saturated carbocycles. The van der Waals surface area contributed by atoms with Gasteiger partial charge in [0.15, 0.2) is 0 Å². The maximum Gasteiger partial charge on any atom is 0.317 e. The molecule has 2 amide bonds. The number of likely N-dealkylation sites (tertiary alicyclic amines) is 2. The molecular formula is C19H30N4O. The fourth-order valence-electron chi connectivity index (χ4n) is 3.62. The van der Waals surface area contributed by atoms with Crippen LogP contribution in [-0.2, 0) is 6.42 Å². The lowest BCUT2D eigenvalue weighted by molar-refractivity contribution is 0.157. The van der Waals surface area contributed by atoms with Crippen molar-refractivity contribution in [2.24, 2.45) is 5.92 Å². The van der Waals surface area contributed by atoms with Gasteiger partial charge in [0.1, 0.15) is 0 Å². The summed E-state index contributed by atoms with van der Waals surface area (Å²) >= 11 is 0. The van der Waals surface area contributed by atoms with Crippen LogP contribution in [0, 0.1) is 5.92 Å². The SMILES string of the molecule is CC1CCN(C(=O)NC2CCN(CCc3ccncc3)CC2)CC1. The van der Waals surface area contributed by atoms with Gasteiger partial charge in [0.2, 0.25) is 0 Å². The molecule has 0 radical (unpaired) electrons. The molecule has 1 N–H and O–H groups in total. The number of pyridine rings is 1. The van der Waals surface area contributed by atoms with Crippen LogP contribution < -0.4 is 5.32 Å². The summed E-state index contributed by atoms with van der Waals surface area (Å²) in [5, 5.41) is 3.25. The number of nitrogens with one attached hydrogen (secondary N) is 1. The van der Waals surface area contributed by atoms with Crippen LogP contribution >= 0.6 is 0 Å². The Balaban J connectivity index is 1.35. The molecule has 0 spiro atoms. The summed E-state index contributed by atoms with van der Waals surface area (Å²) in [7, 11) is 0. The third-order valence-electron chi connectivity index (χ3n) is 5.45. The summed E-state index contributed by atoms with van der Waals surface area (Å²) in [5.74, 6) is 0.762. The highest BCUT2D eigenvalue weighted by Crippen LogP contribution is 2.17. The molecule has 0 bridgehead atoms. The van der Waals surface area contributed by atoms with Gasteiger partial charge in [0.05, 0.1) is 0 Å². The zero-order chi connectivity index (χ0) is 16.8. The van der Waals surface area contributed by atoms with E-state index in [1.54, 1.807) is 0 Å². The number of piperidine rings is 2. The fraction of sp³-hybridized carbons (Fsp3) is 0.684. The molecule has 0 aromatic carbocycles. The van der Waals surface area contributed by atoms with Gasteiger partial charge in [-0.1, -0.05) is 6.92 Å². The second kappa shape index (κ2) is 8.47. The number of hydrogen-bond donors (Lipinski definition) is 1. The minimum Gasteiger partial charge on any atom is -0.335 e. The van der Waals surface area contributed by atoms with E-state index in [4.69, 9.17) is 0 Å². The summed E-state index contributed by atoms with van der Waals surface area (Å²) < 4.78 is 0. The van der Waals surface area contributed by atoms with Crippen molar-refractivity contribution in [2.75, 3.05) is 32.7 Å². The lowest BCUT2D eigenvalue weighted by Crippen LogP contribution is -2.51. The Morgan fingerprint density at radius 3 is 2.46 bits per heavy atom. The normalized spacial score (nSPS) is 21.0. The Hall–Kier alpha value is -1.62. The van der Waals surface area contributed by atoms with Crippen LogP contribution in [0.5, 0.6) is 0 Å². The monoisotopic (exact) mass is 330 g/mol. The van der Waals surface area contributed by atoms with Crippen molar-refractivity contribution in [1.82, 2.24) is 20.1 Å². The fourth-order valence-corrected chi connectivity index (χ4v) is 3.62. The first-order valence-electron chi connectivity index (χ1n) is 9.37. The van der Waals surface area contributed by atoms with Crippen molar-refractivity contribution in [3.63, 3.8) is 0 Å². The molecule has 0 atom stereocenters. The smallest absolute Gasteiger partial charge is 0.317 e.